The minimum atomic E-state index is -0.992. The number of fused-ring (bicyclic) bond motifs is 1. The Bertz CT molecular complexity index is 1380. The molecule has 1 fully saturated rings. The first-order valence-corrected chi connectivity index (χ1v) is 14.0. The van der Waals surface area contributed by atoms with Crippen molar-refractivity contribution in [1.29, 1.82) is 0 Å². The van der Waals surface area contributed by atoms with Gasteiger partial charge >= 0.3 is 6.09 Å². The molecule has 11 nitrogen and oxygen atoms in total. The molecule has 4 N–H and O–H groups in total. The fourth-order valence-corrected chi connectivity index (χ4v) is 5.94. The number of hydrogen-bond donors (Lipinski definition) is 4. The number of thiophene rings is 1. The van der Waals surface area contributed by atoms with Crippen LogP contribution in [0.4, 0.5) is 33.6 Å². The molecule has 3 aromatic rings. The van der Waals surface area contributed by atoms with Crippen LogP contribution in [0.15, 0.2) is 29.8 Å². The van der Waals surface area contributed by atoms with Crippen molar-refractivity contribution < 1.29 is 19.4 Å². The summed E-state index contributed by atoms with van der Waals surface area (Å²) in [4.78, 5) is 37.5. The highest BCUT2D eigenvalue weighted by Gasteiger charge is 2.31. The second kappa shape index (κ2) is 11.6. The van der Waals surface area contributed by atoms with Crippen molar-refractivity contribution in [1.82, 2.24) is 20.2 Å². The third kappa shape index (κ3) is 5.87. The molecule has 0 bridgehead atoms. The van der Waals surface area contributed by atoms with Gasteiger partial charge in [-0.3, -0.25) is 9.69 Å². The molecule has 0 aliphatic carbocycles. The van der Waals surface area contributed by atoms with Crippen LogP contribution >= 0.6 is 22.9 Å². The number of likely N-dealkylation sites (tertiary alicyclic amines) is 1. The van der Waals surface area contributed by atoms with Gasteiger partial charge in [0.05, 0.1) is 24.2 Å². The van der Waals surface area contributed by atoms with Crippen LogP contribution in [0, 0.1) is 0 Å². The molecule has 4 heterocycles. The second-order valence-electron chi connectivity index (χ2n) is 9.53. The van der Waals surface area contributed by atoms with Gasteiger partial charge in [0.25, 0.3) is 5.91 Å². The predicted molar refractivity (Wildman–Crippen MR) is 153 cm³/mol. The van der Waals surface area contributed by atoms with Crippen LogP contribution in [-0.4, -0.2) is 72.3 Å². The van der Waals surface area contributed by atoms with Gasteiger partial charge in [-0.2, -0.15) is 4.98 Å². The first-order valence-electron chi connectivity index (χ1n) is 12.7. The van der Waals surface area contributed by atoms with Gasteiger partial charge in [-0.15, -0.1) is 11.3 Å². The number of benzene rings is 1. The van der Waals surface area contributed by atoms with E-state index in [0.29, 0.717) is 58.1 Å². The average Bonchev–Trinajstić information content (AvgIpc) is 3.27. The molecule has 2 amide bonds. The molecule has 5 rings (SSSR count). The number of anilines is 5. The molecular formula is C26H30ClN7O4S. The number of likely N-dealkylation sites (N-methyl/N-ethyl adjacent to an activating group) is 1. The summed E-state index contributed by atoms with van der Waals surface area (Å²) in [5, 5.41) is 21.1. The number of amides is 2. The highest BCUT2D eigenvalue weighted by molar-refractivity contribution is 7.12. The van der Waals surface area contributed by atoms with Gasteiger partial charge in [-0.1, -0.05) is 11.6 Å². The van der Waals surface area contributed by atoms with Gasteiger partial charge in [0.1, 0.15) is 15.6 Å². The zero-order chi connectivity index (χ0) is 27.5. The molecule has 1 aromatic carbocycles. The molecule has 39 heavy (non-hydrogen) atoms. The molecule has 206 valence electrons. The molecular weight excluding hydrogens is 542 g/mol. The van der Waals surface area contributed by atoms with E-state index in [1.165, 1.54) is 22.4 Å². The number of piperidine rings is 1. The number of carboxylic acid groups (broad SMARTS) is 1. The summed E-state index contributed by atoms with van der Waals surface area (Å²) >= 11 is 7.69. The van der Waals surface area contributed by atoms with Crippen LogP contribution in [0.25, 0.3) is 0 Å². The van der Waals surface area contributed by atoms with Crippen LogP contribution in [-0.2, 0) is 0 Å². The van der Waals surface area contributed by atoms with Gasteiger partial charge in [0.15, 0.2) is 5.82 Å². The Morgan fingerprint density at radius 2 is 2.08 bits per heavy atom. The predicted octanol–water partition coefficient (Wildman–Crippen LogP) is 5.11. The summed E-state index contributed by atoms with van der Waals surface area (Å²) < 4.78 is 6.06. The number of nitrogens with one attached hydrogen (secondary N) is 3. The third-order valence-corrected chi connectivity index (χ3v) is 7.99. The van der Waals surface area contributed by atoms with Crippen molar-refractivity contribution in [3.8, 4) is 5.75 Å². The van der Waals surface area contributed by atoms with Gasteiger partial charge in [0.2, 0.25) is 5.95 Å². The van der Waals surface area contributed by atoms with Crippen molar-refractivity contribution in [2.45, 2.75) is 25.2 Å². The number of nitrogens with zero attached hydrogens (tertiary/aromatic N) is 4. The van der Waals surface area contributed by atoms with Crippen LogP contribution in [0.2, 0.25) is 5.02 Å². The highest BCUT2D eigenvalue weighted by Crippen LogP contribution is 2.44. The van der Waals surface area contributed by atoms with Crippen LogP contribution in [0.5, 0.6) is 5.75 Å². The molecule has 1 saturated heterocycles. The molecule has 13 heteroatoms. The smallest absolute Gasteiger partial charge is 0.411 e. The Balaban J connectivity index is 1.49. The van der Waals surface area contributed by atoms with Crippen molar-refractivity contribution in [2.75, 3.05) is 55.9 Å². The first kappa shape index (κ1) is 27.0. The number of carbonyl (C=O) groups is 2. The second-order valence-corrected chi connectivity index (χ2v) is 10.9. The molecule has 0 saturated carbocycles. The normalized spacial score (nSPS) is 17.5. The molecule has 2 aromatic heterocycles. The zero-order valence-electron chi connectivity index (χ0n) is 21.7. The minimum absolute atomic E-state index is 0.146. The monoisotopic (exact) mass is 571 g/mol. The number of carbonyl (C=O) groups excluding carboxylic acids is 1. The molecule has 1 unspecified atom stereocenters. The van der Waals surface area contributed by atoms with Gasteiger partial charge in [-0.05, 0) is 61.8 Å². The summed E-state index contributed by atoms with van der Waals surface area (Å²) in [6, 6.07) is 5.55. The maximum absolute atomic E-state index is 12.2. The molecule has 0 spiro atoms. The number of ether oxygens (including phenoxy) is 1. The number of halogens is 1. The van der Waals surface area contributed by atoms with Crippen LogP contribution < -0.4 is 25.6 Å². The van der Waals surface area contributed by atoms with E-state index in [-0.39, 0.29) is 17.8 Å². The van der Waals surface area contributed by atoms with E-state index in [9.17, 15) is 14.7 Å². The van der Waals surface area contributed by atoms with E-state index in [1.54, 1.807) is 19.2 Å². The number of aromatic nitrogens is 2. The van der Waals surface area contributed by atoms with Crippen molar-refractivity contribution >= 4 is 63.8 Å². The number of rotatable bonds is 6. The average molecular weight is 572 g/mol. The first-order chi connectivity index (χ1) is 18.8. The van der Waals surface area contributed by atoms with Gasteiger partial charge in [0, 0.05) is 31.9 Å². The van der Waals surface area contributed by atoms with Crippen LogP contribution in [0.3, 0.4) is 0 Å². The molecule has 1 atom stereocenters. The van der Waals surface area contributed by atoms with E-state index in [4.69, 9.17) is 16.3 Å². The van der Waals surface area contributed by atoms with Crippen LogP contribution in [0.1, 0.15) is 40.4 Å². The Kier molecular flexibility index (Phi) is 8.05. The zero-order valence-corrected chi connectivity index (χ0v) is 23.2. The standard InChI is InChI=1S/C26H30ClN7O4S/c1-28-24(35)22-19(6-10-39-22)31-23-18(27)13-29-25(32-23)30-16-11-17(15-5-3-7-33(2)14-15)21-20(12-16)38-9-4-8-34(21)26(36)37/h6,10-13,15H,3-5,7-9,14H2,1-2H3,(H,28,35)(H,36,37)(H2,29,30,31,32). The lowest BCUT2D eigenvalue weighted by Gasteiger charge is -2.33. The fourth-order valence-electron chi connectivity index (χ4n) is 5.01. The summed E-state index contributed by atoms with van der Waals surface area (Å²) in [6.45, 7) is 2.63. The summed E-state index contributed by atoms with van der Waals surface area (Å²) in [6.07, 6.45) is 3.07. The Morgan fingerprint density at radius 3 is 2.85 bits per heavy atom. The SMILES string of the molecule is CNC(=O)c1sccc1Nc1nc(Nc2cc3c(c(C4CCCN(C)C4)c2)N(C(=O)O)CCCO3)ncc1Cl. The van der Waals surface area contributed by atoms with Gasteiger partial charge < -0.3 is 30.7 Å². The van der Waals surface area contributed by atoms with E-state index in [1.807, 2.05) is 11.4 Å². The van der Waals surface area contributed by atoms with Crippen molar-refractivity contribution in [3.05, 3.63) is 45.2 Å². The highest BCUT2D eigenvalue weighted by atomic mass is 35.5. The topological polar surface area (TPSA) is 132 Å². The quantitative estimate of drug-likeness (QED) is 0.318. The summed E-state index contributed by atoms with van der Waals surface area (Å²) in [5.41, 5.74) is 2.80. The van der Waals surface area contributed by atoms with E-state index in [0.717, 1.165) is 31.5 Å². The summed E-state index contributed by atoms with van der Waals surface area (Å²) in [5.74, 6) is 1.08. The Hall–Kier alpha value is -3.61. The number of hydrogen-bond acceptors (Lipinski definition) is 9. The maximum atomic E-state index is 12.2. The Morgan fingerprint density at radius 1 is 1.23 bits per heavy atom. The third-order valence-electron chi connectivity index (χ3n) is 6.81. The molecule has 2 aliphatic heterocycles. The fraction of sp³-hybridized carbons (Fsp3) is 0.385. The lowest BCUT2D eigenvalue weighted by atomic mass is 9.88. The summed E-state index contributed by atoms with van der Waals surface area (Å²) in [7, 11) is 3.66. The lowest BCUT2D eigenvalue weighted by Crippen LogP contribution is -2.34. The van der Waals surface area contributed by atoms with E-state index < -0.39 is 6.09 Å². The lowest BCUT2D eigenvalue weighted by molar-refractivity contribution is 0.0967. The van der Waals surface area contributed by atoms with Gasteiger partial charge in [-0.25, -0.2) is 9.78 Å². The van der Waals surface area contributed by atoms with Crippen molar-refractivity contribution in [3.63, 3.8) is 0 Å². The van der Waals surface area contributed by atoms with E-state index >= 15 is 0 Å². The Labute approximate surface area is 235 Å². The maximum Gasteiger partial charge on any atom is 0.411 e. The largest absolute Gasteiger partial charge is 0.491 e. The molecule has 2 aliphatic rings. The van der Waals surface area contributed by atoms with Crippen molar-refractivity contribution in [2.24, 2.45) is 0 Å². The van der Waals surface area contributed by atoms with E-state index in [2.05, 4.69) is 37.9 Å². The minimum Gasteiger partial charge on any atom is -0.491 e. The molecule has 0 radical (unpaired) electrons.